The van der Waals surface area contributed by atoms with Gasteiger partial charge in [-0.3, -0.25) is 9.69 Å². The number of nitrogens with zero attached hydrogens (tertiary/aromatic N) is 2. The van der Waals surface area contributed by atoms with Crippen LogP contribution in [0.25, 0.3) is 0 Å². The Kier molecular flexibility index (Phi) is 4.27. The molecule has 20 heavy (non-hydrogen) atoms. The molecule has 0 aromatic heterocycles. The van der Waals surface area contributed by atoms with Crippen molar-refractivity contribution in [2.24, 2.45) is 5.92 Å². The lowest BCUT2D eigenvalue weighted by atomic mass is 10.1. The van der Waals surface area contributed by atoms with Gasteiger partial charge in [0.25, 0.3) is 0 Å². The van der Waals surface area contributed by atoms with Crippen LogP contribution < -0.4 is 4.90 Å². The summed E-state index contributed by atoms with van der Waals surface area (Å²) in [5, 5.41) is 9.02. The molecule has 1 aromatic rings. The third-order valence-electron chi connectivity index (χ3n) is 3.76. The fourth-order valence-corrected chi connectivity index (χ4v) is 2.58. The number of carbonyl (C=O) groups excluding carboxylic acids is 1. The molecule has 0 spiro atoms. The van der Waals surface area contributed by atoms with Gasteiger partial charge < -0.3 is 10.0 Å². The van der Waals surface area contributed by atoms with Crippen LogP contribution in [0.2, 0.25) is 0 Å². The second-order valence-electron chi connectivity index (χ2n) is 5.08. The third kappa shape index (κ3) is 2.76. The Morgan fingerprint density at radius 1 is 1.40 bits per heavy atom. The maximum absolute atomic E-state index is 12.6. The molecule has 0 aliphatic carbocycles. The van der Waals surface area contributed by atoms with Crippen LogP contribution in [-0.2, 0) is 4.79 Å². The number of amides is 2. The van der Waals surface area contributed by atoms with E-state index in [2.05, 4.69) is 0 Å². The maximum atomic E-state index is 12.6. The number of hydrogen-bond acceptors (Lipinski definition) is 2. The Morgan fingerprint density at radius 3 is 2.65 bits per heavy atom. The third-order valence-corrected chi connectivity index (χ3v) is 3.76. The van der Waals surface area contributed by atoms with Gasteiger partial charge in [-0.2, -0.15) is 0 Å². The van der Waals surface area contributed by atoms with Crippen LogP contribution in [0, 0.1) is 12.8 Å². The highest BCUT2D eigenvalue weighted by Gasteiger charge is 2.33. The Morgan fingerprint density at radius 2 is 2.10 bits per heavy atom. The Balaban J connectivity index is 2.15. The van der Waals surface area contributed by atoms with Crippen LogP contribution in [-0.4, -0.2) is 41.6 Å². The van der Waals surface area contributed by atoms with Crippen molar-refractivity contribution >= 4 is 17.7 Å². The van der Waals surface area contributed by atoms with E-state index in [1.54, 1.807) is 9.80 Å². The van der Waals surface area contributed by atoms with Gasteiger partial charge >= 0.3 is 12.0 Å². The van der Waals surface area contributed by atoms with Gasteiger partial charge in [0, 0.05) is 25.3 Å². The number of carboxylic acid groups (broad SMARTS) is 1. The molecule has 0 bridgehead atoms. The molecule has 2 amide bonds. The molecular weight excluding hydrogens is 256 g/mol. The summed E-state index contributed by atoms with van der Waals surface area (Å²) in [6, 6.07) is 7.62. The molecule has 1 unspecified atom stereocenters. The van der Waals surface area contributed by atoms with Gasteiger partial charge in [-0.25, -0.2) is 4.79 Å². The van der Waals surface area contributed by atoms with Crippen LogP contribution in [0.15, 0.2) is 24.3 Å². The van der Waals surface area contributed by atoms with Crippen LogP contribution in [0.1, 0.15) is 18.9 Å². The SMILES string of the molecule is CCN(C(=O)N1CCC(C(=O)O)C1)c1ccccc1C. The number of urea groups is 1. The number of anilines is 1. The number of para-hydroxylation sites is 1. The monoisotopic (exact) mass is 276 g/mol. The minimum absolute atomic E-state index is 0.106. The first kappa shape index (κ1) is 14.4. The number of rotatable bonds is 3. The molecule has 1 atom stereocenters. The van der Waals surface area contributed by atoms with E-state index in [0.717, 1.165) is 11.3 Å². The quantitative estimate of drug-likeness (QED) is 0.921. The molecule has 1 fully saturated rings. The number of likely N-dealkylation sites (tertiary alicyclic amines) is 1. The van der Waals surface area contributed by atoms with E-state index in [9.17, 15) is 9.59 Å². The summed E-state index contributed by atoms with van der Waals surface area (Å²) in [7, 11) is 0. The van der Waals surface area contributed by atoms with Crippen LogP contribution in [0.4, 0.5) is 10.5 Å². The fourth-order valence-electron chi connectivity index (χ4n) is 2.58. The van der Waals surface area contributed by atoms with Gasteiger partial charge in [-0.1, -0.05) is 18.2 Å². The Hall–Kier alpha value is -2.04. The summed E-state index contributed by atoms with van der Waals surface area (Å²) in [5.74, 6) is -1.26. The summed E-state index contributed by atoms with van der Waals surface area (Å²) in [6.07, 6.45) is 0.534. The molecule has 1 aromatic carbocycles. The van der Waals surface area contributed by atoms with E-state index in [4.69, 9.17) is 5.11 Å². The van der Waals surface area contributed by atoms with Gasteiger partial charge in [0.1, 0.15) is 0 Å². The van der Waals surface area contributed by atoms with Crippen molar-refractivity contribution in [1.29, 1.82) is 0 Å². The minimum atomic E-state index is -0.820. The molecule has 1 saturated heterocycles. The van der Waals surface area contributed by atoms with Crippen molar-refractivity contribution in [3.8, 4) is 0 Å². The second kappa shape index (κ2) is 5.94. The molecule has 5 heteroatoms. The average molecular weight is 276 g/mol. The van der Waals surface area contributed by atoms with Crippen LogP contribution in [0.5, 0.6) is 0 Å². The molecule has 5 nitrogen and oxygen atoms in total. The van der Waals surface area contributed by atoms with Gasteiger partial charge in [0.2, 0.25) is 0 Å². The molecule has 108 valence electrons. The van der Waals surface area contributed by atoms with Crippen LogP contribution in [0.3, 0.4) is 0 Å². The van der Waals surface area contributed by atoms with E-state index in [-0.39, 0.29) is 6.03 Å². The van der Waals surface area contributed by atoms with Gasteiger partial charge in [0.05, 0.1) is 5.92 Å². The maximum Gasteiger partial charge on any atom is 0.324 e. The Labute approximate surface area is 118 Å². The summed E-state index contributed by atoms with van der Waals surface area (Å²) in [5.41, 5.74) is 1.93. The molecule has 1 aliphatic heterocycles. The summed E-state index contributed by atoms with van der Waals surface area (Å²) >= 11 is 0. The van der Waals surface area contributed by atoms with Gasteiger partial charge in [-0.15, -0.1) is 0 Å². The molecule has 1 N–H and O–H groups in total. The zero-order valence-corrected chi connectivity index (χ0v) is 11.9. The zero-order valence-electron chi connectivity index (χ0n) is 11.9. The molecule has 1 heterocycles. The lowest BCUT2D eigenvalue weighted by Gasteiger charge is -2.28. The highest BCUT2D eigenvalue weighted by Crippen LogP contribution is 2.23. The fraction of sp³-hybridized carbons (Fsp3) is 0.467. The number of benzene rings is 1. The smallest absolute Gasteiger partial charge is 0.324 e. The average Bonchev–Trinajstić information content (AvgIpc) is 2.91. The predicted octanol–water partition coefficient (Wildman–Crippen LogP) is 2.35. The van der Waals surface area contributed by atoms with Crippen molar-refractivity contribution in [3.63, 3.8) is 0 Å². The first-order valence-electron chi connectivity index (χ1n) is 6.89. The molecular formula is C15H20N2O3. The van der Waals surface area contributed by atoms with Gasteiger partial charge in [-0.05, 0) is 31.9 Å². The van der Waals surface area contributed by atoms with E-state index in [0.29, 0.717) is 26.1 Å². The van der Waals surface area contributed by atoms with Gasteiger partial charge in [0.15, 0.2) is 0 Å². The van der Waals surface area contributed by atoms with Crippen molar-refractivity contribution in [1.82, 2.24) is 4.90 Å². The largest absolute Gasteiger partial charge is 0.481 e. The molecule has 0 saturated carbocycles. The number of hydrogen-bond donors (Lipinski definition) is 1. The van der Waals surface area contributed by atoms with Crippen molar-refractivity contribution < 1.29 is 14.7 Å². The minimum Gasteiger partial charge on any atom is -0.481 e. The highest BCUT2D eigenvalue weighted by atomic mass is 16.4. The number of carbonyl (C=O) groups is 2. The second-order valence-corrected chi connectivity index (χ2v) is 5.08. The standard InChI is InChI=1S/C15H20N2O3/c1-3-17(13-7-5-4-6-11(13)2)15(20)16-9-8-12(10-16)14(18)19/h4-7,12H,3,8-10H2,1-2H3,(H,18,19). The van der Waals surface area contributed by atoms with Crippen molar-refractivity contribution in [2.75, 3.05) is 24.5 Å². The number of aryl methyl sites for hydroxylation is 1. The summed E-state index contributed by atoms with van der Waals surface area (Å²) in [4.78, 5) is 26.9. The van der Waals surface area contributed by atoms with E-state index in [1.807, 2.05) is 38.1 Å². The van der Waals surface area contributed by atoms with Crippen molar-refractivity contribution in [3.05, 3.63) is 29.8 Å². The summed E-state index contributed by atoms with van der Waals surface area (Å²) < 4.78 is 0. The number of carboxylic acids is 1. The lowest BCUT2D eigenvalue weighted by Crippen LogP contribution is -2.42. The van der Waals surface area contributed by atoms with E-state index in [1.165, 1.54) is 0 Å². The van der Waals surface area contributed by atoms with E-state index < -0.39 is 11.9 Å². The van der Waals surface area contributed by atoms with Crippen LogP contribution >= 0.6 is 0 Å². The first-order chi connectivity index (χ1) is 9.54. The topological polar surface area (TPSA) is 60.9 Å². The normalized spacial score (nSPS) is 18.1. The Bertz CT molecular complexity index is 516. The predicted molar refractivity (Wildman–Crippen MR) is 76.9 cm³/mol. The lowest BCUT2D eigenvalue weighted by molar-refractivity contribution is -0.141. The zero-order chi connectivity index (χ0) is 14.7. The first-order valence-corrected chi connectivity index (χ1v) is 6.89. The van der Waals surface area contributed by atoms with E-state index >= 15 is 0 Å². The molecule has 0 radical (unpaired) electrons. The summed E-state index contributed by atoms with van der Waals surface area (Å²) in [6.45, 7) is 5.27. The number of aliphatic carboxylic acids is 1. The highest BCUT2D eigenvalue weighted by molar-refractivity contribution is 5.93. The molecule has 1 aliphatic rings. The van der Waals surface area contributed by atoms with Crippen molar-refractivity contribution in [2.45, 2.75) is 20.3 Å². The molecule has 2 rings (SSSR count).